The highest BCUT2D eigenvalue weighted by Gasteiger charge is 2.28. The normalized spacial score (nSPS) is 11.7. The van der Waals surface area contributed by atoms with Crippen molar-refractivity contribution in [1.82, 2.24) is 5.32 Å². The second kappa shape index (κ2) is 9.59. The first kappa shape index (κ1) is 20.8. The van der Waals surface area contributed by atoms with Crippen molar-refractivity contribution in [2.24, 2.45) is 0 Å². The number of carbonyl (C=O) groups excluding carboxylic acids is 1. The maximum absolute atomic E-state index is 12.2. The molecular weight excluding hydrogens is 410 g/mol. The smallest absolute Gasteiger partial charge is 0.407 e. The van der Waals surface area contributed by atoms with E-state index in [9.17, 15) is 4.79 Å². The summed E-state index contributed by atoms with van der Waals surface area (Å²) in [6.45, 7) is 0.699. The molecule has 0 saturated heterocycles. The number of alkyl carbamates (subject to hydrolysis) is 1. The number of benzene rings is 3. The molecule has 31 heavy (non-hydrogen) atoms. The summed E-state index contributed by atoms with van der Waals surface area (Å²) in [6.07, 6.45) is 0.0539. The zero-order valence-electron chi connectivity index (χ0n) is 17.2. The molecule has 1 aliphatic carbocycles. The first-order valence-electron chi connectivity index (χ1n) is 10.1. The minimum absolute atomic E-state index is 0.0511. The molecule has 1 amide bonds. The lowest BCUT2D eigenvalue weighted by Gasteiger charge is -2.14. The van der Waals surface area contributed by atoms with Gasteiger partial charge in [0.05, 0.1) is 12.1 Å². The van der Waals surface area contributed by atoms with E-state index in [1.54, 1.807) is 13.2 Å². The highest BCUT2D eigenvalue weighted by molar-refractivity contribution is 6.31. The molecule has 0 radical (unpaired) electrons. The fourth-order valence-electron chi connectivity index (χ4n) is 3.76. The summed E-state index contributed by atoms with van der Waals surface area (Å²) in [5.41, 5.74) is 5.53. The Labute approximate surface area is 187 Å². The van der Waals surface area contributed by atoms with Gasteiger partial charge in [0.1, 0.15) is 12.4 Å². The molecule has 0 aromatic heterocycles. The summed E-state index contributed by atoms with van der Waals surface area (Å²) >= 11 is 6.17. The summed E-state index contributed by atoms with van der Waals surface area (Å²) < 4.78 is 10.6. The number of hydrogen-bond acceptors (Lipinski definition) is 3. The molecular formula is C26H22ClNO3. The minimum atomic E-state index is -0.439. The molecule has 0 aliphatic heterocycles. The molecule has 1 N–H and O–H groups in total. The van der Waals surface area contributed by atoms with Crippen LogP contribution >= 0.6 is 11.6 Å². The average Bonchev–Trinajstić information content (AvgIpc) is 3.12. The van der Waals surface area contributed by atoms with Crippen LogP contribution in [0, 0.1) is 11.8 Å². The number of carbonyl (C=O) groups is 1. The minimum Gasteiger partial charge on any atom is -0.497 e. The van der Waals surface area contributed by atoms with E-state index in [1.165, 1.54) is 22.3 Å². The number of nitrogens with one attached hydrogen (secondary N) is 1. The Balaban J connectivity index is 1.28. The lowest BCUT2D eigenvalue weighted by molar-refractivity contribution is 0.143. The van der Waals surface area contributed by atoms with Gasteiger partial charge in [0.25, 0.3) is 0 Å². The van der Waals surface area contributed by atoms with Gasteiger partial charge >= 0.3 is 6.09 Å². The van der Waals surface area contributed by atoms with E-state index in [1.807, 2.05) is 36.4 Å². The predicted octanol–water partition coefficient (Wildman–Crippen LogP) is 5.63. The highest BCUT2D eigenvalue weighted by Crippen LogP contribution is 2.44. The quantitative estimate of drug-likeness (QED) is 0.420. The molecule has 0 bridgehead atoms. The Bertz CT molecular complexity index is 1120. The van der Waals surface area contributed by atoms with Gasteiger partial charge in [-0.25, -0.2) is 4.79 Å². The third-order valence-corrected chi connectivity index (χ3v) is 5.58. The van der Waals surface area contributed by atoms with Crippen LogP contribution < -0.4 is 10.1 Å². The van der Waals surface area contributed by atoms with E-state index in [0.717, 1.165) is 5.56 Å². The Morgan fingerprint density at radius 2 is 1.71 bits per heavy atom. The molecule has 3 aromatic rings. The third-order valence-electron chi connectivity index (χ3n) is 5.26. The van der Waals surface area contributed by atoms with E-state index in [2.05, 4.69) is 41.4 Å². The van der Waals surface area contributed by atoms with Gasteiger partial charge in [-0.05, 0) is 40.5 Å². The fourth-order valence-corrected chi connectivity index (χ4v) is 3.98. The van der Waals surface area contributed by atoms with Crippen molar-refractivity contribution >= 4 is 17.7 Å². The zero-order valence-corrected chi connectivity index (χ0v) is 17.9. The largest absolute Gasteiger partial charge is 0.497 e. The maximum atomic E-state index is 12.2. The van der Waals surface area contributed by atoms with Crippen LogP contribution in [0.25, 0.3) is 11.1 Å². The molecule has 0 fully saturated rings. The van der Waals surface area contributed by atoms with Gasteiger partial charge < -0.3 is 14.8 Å². The van der Waals surface area contributed by atoms with Crippen molar-refractivity contribution in [2.45, 2.75) is 12.3 Å². The van der Waals surface area contributed by atoms with E-state index in [-0.39, 0.29) is 5.92 Å². The summed E-state index contributed by atoms with van der Waals surface area (Å²) in [6, 6.07) is 21.9. The lowest BCUT2D eigenvalue weighted by atomic mass is 9.98. The Morgan fingerprint density at radius 3 is 2.35 bits per heavy atom. The molecule has 3 aromatic carbocycles. The van der Waals surface area contributed by atoms with Crippen LogP contribution in [0.5, 0.6) is 5.75 Å². The van der Waals surface area contributed by atoms with Gasteiger partial charge in [-0.3, -0.25) is 0 Å². The maximum Gasteiger partial charge on any atom is 0.407 e. The van der Waals surface area contributed by atoms with Crippen molar-refractivity contribution in [1.29, 1.82) is 0 Å². The SMILES string of the molecule is COc1ccc(C#CCCNC(=O)OCC2c3ccccc3-c3ccccc32)c(Cl)c1. The highest BCUT2D eigenvalue weighted by atomic mass is 35.5. The number of amides is 1. The molecule has 5 heteroatoms. The topological polar surface area (TPSA) is 47.6 Å². The summed E-state index contributed by atoms with van der Waals surface area (Å²) in [5, 5.41) is 3.30. The van der Waals surface area contributed by atoms with Crippen LogP contribution in [0.2, 0.25) is 5.02 Å². The first-order chi connectivity index (χ1) is 15.2. The van der Waals surface area contributed by atoms with Crippen molar-refractivity contribution < 1.29 is 14.3 Å². The molecule has 0 spiro atoms. The number of halogens is 1. The van der Waals surface area contributed by atoms with Gasteiger partial charge in [-0.1, -0.05) is 72.0 Å². The van der Waals surface area contributed by atoms with Crippen LogP contribution in [0.15, 0.2) is 66.7 Å². The second-order valence-corrected chi connectivity index (χ2v) is 7.56. The van der Waals surface area contributed by atoms with Crippen LogP contribution in [0.4, 0.5) is 4.79 Å². The van der Waals surface area contributed by atoms with E-state index in [4.69, 9.17) is 21.1 Å². The number of ether oxygens (including phenoxy) is 2. The zero-order chi connectivity index (χ0) is 21.6. The van der Waals surface area contributed by atoms with Crippen LogP contribution in [0.3, 0.4) is 0 Å². The predicted molar refractivity (Wildman–Crippen MR) is 123 cm³/mol. The summed E-state index contributed by atoms with van der Waals surface area (Å²) in [7, 11) is 1.59. The monoisotopic (exact) mass is 431 g/mol. The second-order valence-electron chi connectivity index (χ2n) is 7.15. The van der Waals surface area contributed by atoms with Crippen LogP contribution in [-0.4, -0.2) is 26.4 Å². The van der Waals surface area contributed by atoms with Gasteiger partial charge in [-0.15, -0.1) is 0 Å². The molecule has 156 valence electrons. The Morgan fingerprint density at radius 1 is 1.03 bits per heavy atom. The van der Waals surface area contributed by atoms with Gasteiger partial charge in [0.2, 0.25) is 0 Å². The van der Waals surface area contributed by atoms with Crippen molar-refractivity contribution in [3.8, 4) is 28.7 Å². The van der Waals surface area contributed by atoms with E-state index < -0.39 is 6.09 Å². The van der Waals surface area contributed by atoms with Crippen molar-refractivity contribution in [3.05, 3.63) is 88.4 Å². The van der Waals surface area contributed by atoms with Gasteiger partial charge in [0, 0.05) is 24.4 Å². The summed E-state index contributed by atoms with van der Waals surface area (Å²) in [5.74, 6) is 6.76. The number of hydrogen-bond donors (Lipinski definition) is 1. The van der Waals surface area contributed by atoms with Crippen molar-refractivity contribution in [2.75, 3.05) is 20.3 Å². The Hall–Kier alpha value is -3.42. The summed E-state index contributed by atoms with van der Waals surface area (Å²) in [4.78, 5) is 12.2. The van der Waals surface area contributed by atoms with Crippen LogP contribution in [-0.2, 0) is 4.74 Å². The fraction of sp³-hybridized carbons (Fsp3) is 0.192. The number of rotatable bonds is 5. The molecule has 0 atom stereocenters. The molecule has 0 unspecified atom stereocenters. The first-order valence-corrected chi connectivity index (χ1v) is 10.5. The van der Waals surface area contributed by atoms with Crippen LogP contribution in [0.1, 0.15) is 29.0 Å². The lowest BCUT2D eigenvalue weighted by Crippen LogP contribution is -2.26. The number of fused-ring (bicyclic) bond motifs is 3. The third kappa shape index (κ3) is 4.68. The molecule has 1 aliphatic rings. The van der Waals surface area contributed by atoms with Crippen molar-refractivity contribution in [3.63, 3.8) is 0 Å². The Kier molecular flexibility index (Phi) is 6.45. The van der Waals surface area contributed by atoms with Gasteiger partial charge in [0.15, 0.2) is 0 Å². The number of methoxy groups -OCH3 is 1. The molecule has 4 rings (SSSR count). The van der Waals surface area contributed by atoms with E-state index >= 15 is 0 Å². The molecule has 0 heterocycles. The molecule has 4 nitrogen and oxygen atoms in total. The standard InChI is InChI=1S/C26H22ClNO3/c1-30-19-14-13-18(25(27)16-19)8-6-7-15-28-26(29)31-17-24-22-11-4-2-9-20(22)21-10-3-5-12-23(21)24/h2-5,9-14,16,24H,7,15,17H2,1H3,(H,28,29). The average molecular weight is 432 g/mol. The van der Waals surface area contributed by atoms with E-state index in [0.29, 0.717) is 30.3 Å². The van der Waals surface area contributed by atoms with Gasteiger partial charge in [-0.2, -0.15) is 0 Å². The molecule has 0 saturated carbocycles.